The van der Waals surface area contributed by atoms with Crippen molar-refractivity contribution in [3.8, 4) is 0 Å². The molecule has 8 nitrogen and oxygen atoms in total. The predicted octanol–water partition coefficient (Wildman–Crippen LogP) is 3.09. The number of anilines is 1. The molecule has 3 rings (SSSR count). The zero-order valence-electron chi connectivity index (χ0n) is 17.4. The zero-order chi connectivity index (χ0) is 23.4. The fourth-order valence-corrected chi connectivity index (χ4v) is 4.81. The van der Waals surface area contributed by atoms with Crippen molar-refractivity contribution in [2.24, 2.45) is 0 Å². The fourth-order valence-electron chi connectivity index (χ4n) is 2.76. The maximum Gasteiger partial charge on any atom is 0.338 e. The van der Waals surface area contributed by atoms with E-state index in [1.807, 2.05) is 0 Å². The predicted molar refractivity (Wildman–Crippen MR) is 120 cm³/mol. The molecule has 0 aliphatic heterocycles. The molecule has 0 unspecified atom stereocenters. The average Bonchev–Trinajstić information content (AvgIpc) is 2.78. The normalized spacial score (nSPS) is 11.8. The summed E-state index contributed by atoms with van der Waals surface area (Å²) in [5.41, 5.74) is 0.861. The molecule has 0 aliphatic rings. The van der Waals surface area contributed by atoms with E-state index in [0.717, 1.165) is 4.31 Å². The van der Waals surface area contributed by atoms with Gasteiger partial charge in [0.1, 0.15) is 6.61 Å². The number of carbonyl (C=O) groups is 1. The number of hydrogen-bond donors (Lipinski definition) is 1. The van der Waals surface area contributed by atoms with E-state index in [4.69, 9.17) is 4.74 Å². The Hall–Kier alpha value is -3.21. The molecular formula is C22H22N2O6S2. The van der Waals surface area contributed by atoms with Gasteiger partial charge in [0.2, 0.25) is 10.0 Å². The molecule has 0 atom stereocenters. The monoisotopic (exact) mass is 474 g/mol. The molecule has 0 spiro atoms. The molecule has 0 fully saturated rings. The van der Waals surface area contributed by atoms with E-state index < -0.39 is 26.0 Å². The van der Waals surface area contributed by atoms with Crippen molar-refractivity contribution in [1.29, 1.82) is 0 Å². The number of nitrogens with zero attached hydrogens (tertiary/aromatic N) is 1. The largest absolute Gasteiger partial charge is 0.457 e. The van der Waals surface area contributed by atoms with Crippen molar-refractivity contribution < 1.29 is 26.4 Å². The first-order chi connectivity index (χ1) is 15.1. The number of rotatable bonds is 8. The van der Waals surface area contributed by atoms with Crippen LogP contribution < -0.4 is 4.72 Å². The van der Waals surface area contributed by atoms with Gasteiger partial charge >= 0.3 is 5.97 Å². The summed E-state index contributed by atoms with van der Waals surface area (Å²) in [4.78, 5) is 12.7. The summed E-state index contributed by atoms with van der Waals surface area (Å²) in [6.45, 7) is -0.143. The van der Waals surface area contributed by atoms with Crippen molar-refractivity contribution in [3.63, 3.8) is 0 Å². The van der Waals surface area contributed by atoms with Crippen LogP contribution in [0, 0.1) is 0 Å². The van der Waals surface area contributed by atoms with Crippen LogP contribution >= 0.6 is 0 Å². The molecule has 3 aromatic carbocycles. The van der Waals surface area contributed by atoms with Crippen LogP contribution in [0.4, 0.5) is 5.69 Å². The van der Waals surface area contributed by atoms with Gasteiger partial charge in [-0.05, 0) is 48.0 Å². The Bertz CT molecular complexity index is 1320. The van der Waals surface area contributed by atoms with E-state index in [9.17, 15) is 21.6 Å². The number of benzene rings is 3. The SMILES string of the molecule is CN(C)S(=O)(=O)c1cccc(COC(=O)c2cccc(NS(=O)(=O)c3ccccc3)c2)c1. The van der Waals surface area contributed by atoms with Crippen molar-refractivity contribution >= 4 is 31.7 Å². The van der Waals surface area contributed by atoms with Gasteiger partial charge in [0.25, 0.3) is 10.0 Å². The molecule has 0 saturated heterocycles. The molecule has 0 amide bonds. The van der Waals surface area contributed by atoms with Crippen LogP contribution in [0.5, 0.6) is 0 Å². The summed E-state index contributed by atoms with van der Waals surface area (Å²) < 4.78 is 58.3. The lowest BCUT2D eigenvalue weighted by molar-refractivity contribution is 0.0472. The van der Waals surface area contributed by atoms with Crippen LogP contribution in [0.25, 0.3) is 0 Å². The highest BCUT2D eigenvalue weighted by molar-refractivity contribution is 7.92. The lowest BCUT2D eigenvalue weighted by atomic mass is 10.2. The van der Waals surface area contributed by atoms with Crippen molar-refractivity contribution in [2.75, 3.05) is 18.8 Å². The third kappa shape index (κ3) is 5.52. The van der Waals surface area contributed by atoms with Crippen LogP contribution in [0.1, 0.15) is 15.9 Å². The van der Waals surface area contributed by atoms with Crippen LogP contribution in [-0.2, 0) is 31.4 Å². The van der Waals surface area contributed by atoms with Gasteiger partial charge in [-0.2, -0.15) is 0 Å². The summed E-state index contributed by atoms with van der Waals surface area (Å²) in [5, 5.41) is 0. The van der Waals surface area contributed by atoms with E-state index in [1.165, 1.54) is 62.6 Å². The molecule has 0 aliphatic carbocycles. The van der Waals surface area contributed by atoms with Gasteiger partial charge in [0.15, 0.2) is 0 Å². The van der Waals surface area contributed by atoms with E-state index in [0.29, 0.717) is 5.56 Å². The molecule has 0 bridgehead atoms. The molecule has 0 heterocycles. The molecule has 1 N–H and O–H groups in total. The molecule has 0 saturated carbocycles. The zero-order valence-corrected chi connectivity index (χ0v) is 19.1. The van der Waals surface area contributed by atoms with Gasteiger partial charge in [-0.3, -0.25) is 4.72 Å². The highest BCUT2D eigenvalue weighted by Crippen LogP contribution is 2.19. The number of ether oxygens (including phenoxy) is 1. The molecule has 0 aromatic heterocycles. The Balaban J connectivity index is 1.71. The van der Waals surface area contributed by atoms with Crippen LogP contribution in [-0.4, -0.2) is 41.2 Å². The molecule has 32 heavy (non-hydrogen) atoms. The quantitative estimate of drug-likeness (QED) is 0.503. The van der Waals surface area contributed by atoms with E-state index in [1.54, 1.807) is 30.3 Å². The minimum Gasteiger partial charge on any atom is -0.457 e. The van der Waals surface area contributed by atoms with Crippen LogP contribution in [0.15, 0.2) is 88.7 Å². The highest BCUT2D eigenvalue weighted by atomic mass is 32.2. The Morgan fingerprint density at radius 2 is 1.50 bits per heavy atom. The Morgan fingerprint density at radius 1 is 0.844 bits per heavy atom. The molecule has 168 valence electrons. The number of carbonyl (C=O) groups excluding carboxylic acids is 1. The lowest BCUT2D eigenvalue weighted by Gasteiger charge is -2.12. The van der Waals surface area contributed by atoms with Gasteiger partial charge in [0.05, 0.1) is 15.4 Å². The Morgan fingerprint density at radius 3 is 2.19 bits per heavy atom. The Kier molecular flexibility index (Phi) is 6.97. The fraction of sp³-hybridized carbons (Fsp3) is 0.136. The molecule has 0 radical (unpaired) electrons. The topological polar surface area (TPSA) is 110 Å². The van der Waals surface area contributed by atoms with Crippen LogP contribution in [0.2, 0.25) is 0 Å². The van der Waals surface area contributed by atoms with E-state index in [-0.39, 0.29) is 27.6 Å². The third-order valence-corrected chi connectivity index (χ3v) is 7.66. The third-order valence-electron chi connectivity index (χ3n) is 4.45. The maximum absolute atomic E-state index is 12.5. The summed E-state index contributed by atoms with van der Waals surface area (Å²) >= 11 is 0. The summed E-state index contributed by atoms with van der Waals surface area (Å²) in [6, 6.07) is 19.9. The number of esters is 1. The molecular weight excluding hydrogens is 452 g/mol. The second-order valence-corrected chi connectivity index (χ2v) is 10.8. The van der Waals surface area contributed by atoms with Crippen LogP contribution in [0.3, 0.4) is 0 Å². The number of hydrogen-bond acceptors (Lipinski definition) is 6. The number of nitrogens with one attached hydrogen (secondary N) is 1. The smallest absolute Gasteiger partial charge is 0.338 e. The van der Waals surface area contributed by atoms with E-state index in [2.05, 4.69) is 4.72 Å². The number of sulfonamides is 2. The van der Waals surface area contributed by atoms with Gasteiger partial charge in [0, 0.05) is 19.8 Å². The highest BCUT2D eigenvalue weighted by Gasteiger charge is 2.18. The van der Waals surface area contributed by atoms with Crippen molar-refractivity contribution in [1.82, 2.24) is 4.31 Å². The minimum atomic E-state index is -3.80. The second-order valence-electron chi connectivity index (χ2n) is 7.01. The Labute approximate surface area is 187 Å². The van der Waals surface area contributed by atoms with Gasteiger partial charge in [-0.25, -0.2) is 25.9 Å². The minimum absolute atomic E-state index is 0.0911. The summed E-state index contributed by atoms with van der Waals surface area (Å²) in [5.74, 6) is -0.674. The van der Waals surface area contributed by atoms with Crippen molar-refractivity contribution in [2.45, 2.75) is 16.4 Å². The van der Waals surface area contributed by atoms with Gasteiger partial charge < -0.3 is 4.74 Å². The van der Waals surface area contributed by atoms with Gasteiger partial charge in [-0.1, -0.05) is 36.4 Å². The summed E-state index contributed by atoms with van der Waals surface area (Å²) in [6.07, 6.45) is 0. The first-order valence-electron chi connectivity index (χ1n) is 9.46. The first kappa shape index (κ1) is 23.5. The molecule has 10 heteroatoms. The van der Waals surface area contributed by atoms with Gasteiger partial charge in [-0.15, -0.1) is 0 Å². The summed E-state index contributed by atoms with van der Waals surface area (Å²) in [7, 11) is -4.55. The standard InChI is InChI=1S/C22H22N2O6S2/c1-24(2)32(28,29)21-13-6-8-17(14-21)16-30-22(25)18-9-7-10-19(15-18)23-31(26,27)20-11-4-3-5-12-20/h3-15,23H,16H2,1-2H3. The van der Waals surface area contributed by atoms with Crippen molar-refractivity contribution in [3.05, 3.63) is 90.0 Å². The van der Waals surface area contributed by atoms with E-state index >= 15 is 0 Å². The second kappa shape index (κ2) is 9.51. The molecule has 3 aromatic rings. The first-order valence-corrected chi connectivity index (χ1v) is 12.4. The maximum atomic E-state index is 12.5. The average molecular weight is 475 g/mol. The lowest BCUT2D eigenvalue weighted by Crippen LogP contribution is -2.22.